The second kappa shape index (κ2) is 20.5. The summed E-state index contributed by atoms with van der Waals surface area (Å²) in [6.07, 6.45) is 19.8. The molecule has 0 aliphatic carbocycles. The zero-order valence-electron chi connectivity index (χ0n) is 26.0. The van der Waals surface area contributed by atoms with Crippen LogP contribution in [0.5, 0.6) is 0 Å². The molecule has 0 saturated heterocycles. The van der Waals surface area contributed by atoms with Gasteiger partial charge in [0.15, 0.2) is 11.4 Å². The van der Waals surface area contributed by atoms with Gasteiger partial charge >= 0.3 is 129 Å². The molecule has 0 unspecified atom stereocenters. The van der Waals surface area contributed by atoms with Crippen molar-refractivity contribution in [3.05, 3.63) is 66.2 Å². The fraction of sp³-hybridized carbons (Fsp3) is 0.467. The van der Waals surface area contributed by atoms with E-state index in [0.29, 0.717) is 11.6 Å². The third-order valence-electron chi connectivity index (χ3n) is 6.63. The van der Waals surface area contributed by atoms with Crippen molar-refractivity contribution < 1.29 is 27.9 Å². The van der Waals surface area contributed by atoms with Crippen LogP contribution in [0.4, 0.5) is 0 Å². The predicted molar refractivity (Wildman–Crippen MR) is 168 cm³/mol. The first kappa shape index (κ1) is 36.8. The third kappa shape index (κ3) is 11.9. The number of oxazole rings is 2. The van der Waals surface area contributed by atoms with Crippen molar-refractivity contribution in [2.24, 2.45) is 0 Å². The third-order valence-corrected chi connectivity index (χ3v) is 21.3. The summed E-state index contributed by atoms with van der Waals surface area (Å²) in [5.41, 5.74) is 0.761. The minimum atomic E-state index is -2.31. The van der Waals surface area contributed by atoms with Crippen LogP contribution in [0.2, 0.25) is 18.5 Å². The average molecular weight is 736 g/mol. The van der Waals surface area contributed by atoms with Crippen molar-refractivity contribution in [3.63, 3.8) is 0 Å². The van der Waals surface area contributed by atoms with Crippen molar-refractivity contribution in [2.45, 2.75) is 72.6 Å². The molecule has 0 bridgehead atoms. The molecule has 0 saturated carbocycles. The number of esters is 2. The van der Waals surface area contributed by atoms with Gasteiger partial charge < -0.3 is 13.9 Å². The number of halogens is 1. The van der Waals surface area contributed by atoms with Gasteiger partial charge in [-0.05, 0) is 0 Å². The van der Waals surface area contributed by atoms with E-state index >= 15 is 0 Å². The summed E-state index contributed by atoms with van der Waals surface area (Å²) in [7, 11) is 2.56. The molecule has 44 heavy (non-hydrogen) atoms. The molecular weight excluding hydrogens is 695 g/mol. The van der Waals surface area contributed by atoms with Gasteiger partial charge in [-0.2, -0.15) is 0 Å². The van der Waals surface area contributed by atoms with Gasteiger partial charge in [0.1, 0.15) is 17.1 Å². The van der Waals surface area contributed by atoms with Gasteiger partial charge in [-0.3, -0.25) is 0 Å². The van der Waals surface area contributed by atoms with Crippen LogP contribution in [0.3, 0.4) is 0 Å². The van der Waals surface area contributed by atoms with Gasteiger partial charge in [-0.25, -0.2) is 34.5 Å². The van der Waals surface area contributed by atoms with Crippen LogP contribution < -0.4 is 3.91 Å². The maximum Gasteiger partial charge on any atom is 0.358 e. The van der Waals surface area contributed by atoms with Crippen LogP contribution in [0, 0.1) is 0 Å². The van der Waals surface area contributed by atoms with Gasteiger partial charge in [0.25, 0.3) is 0 Å². The first-order valence-corrected chi connectivity index (χ1v) is 22.5. The molecule has 0 spiro atoms. The summed E-state index contributed by atoms with van der Waals surface area (Å²) in [5.74, 6) is -0.686. The SMILES string of the molecule is CCC[CH2][Sn]([CH2]CCC)([CH2]CCC)[c]1ncco1.COC(=O)c1cnc(-c2ncco2)cn1.COC(=O)c1cnc(Cl)cn1. The normalized spacial score (nSPS) is 10.6. The molecule has 0 aliphatic rings. The number of unbranched alkanes of at least 4 members (excludes halogenated alkanes) is 3. The standard InChI is InChI=1S/C9H7N3O3.C6H5ClN2O2.3C4H9.C3H2NO.Sn/c1-14-9(13)7-5-11-6(4-12-7)8-10-2-3-15-8;1-11-6(10)4-2-9-5(7)3-8-4;3*1-3-4-2;1-2-5-3-4-1;/h2-5H,1H3;2-3H,1H3;3*1,3-4H2,2H3;1-2H;. The first-order valence-electron chi connectivity index (χ1n) is 14.6. The molecule has 0 amide bonds. The fourth-order valence-corrected chi connectivity index (χ4v) is 19.0. The molecule has 0 atom stereocenters. The summed E-state index contributed by atoms with van der Waals surface area (Å²) < 4.78 is 25.2. The van der Waals surface area contributed by atoms with Crippen LogP contribution in [0.1, 0.15) is 80.3 Å². The van der Waals surface area contributed by atoms with E-state index in [4.69, 9.17) is 20.4 Å². The zero-order chi connectivity index (χ0) is 32.2. The summed E-state index contributed by atoms with van der Waals surface area (Å²) >= 11 is 3.12. The van der Waals surface area contributed by atoms with Crippen molar-refractivity contribution in [1.29, 1.82) is 0 Å². The van der Waals surface area contributed by atoms with E-state index in [0.717, 1.165) is 0 Å². The maximum absolute atomic E-state index is 11.0. The number of carbonyl (C=O) groups is 2. The molecule has 238 valence electrons. The van der Waals surface area contributed by atoms with Gasteiger partial charge in [-0.1, -0.05) is 11.6 Å². The van der Waals surface area contributed by atoms with E-state index < -0.39 is 30.3 Å². The Morgan fingerprint density at radius 3 is 1.61 bits per heavy atom. The van der Waals surface area contributed by atoms with Crippen molar-refractivity contribution in [1.82, 2.24) is 29.9 Å². The van der Waals surface area contributed by atoms with E-state index in [9.17, 15) is 9.59 Å². The summed E-state index contributed by atoms with van der Waals surface area (Å²) in [5, 5.41) is 0.248. The summed E-state index contributed by atoms with van der Waals surface area (Å²) in [4.78, 5) is 45.4. The smallest absolute Gasteiger partial charge is 0.358 e. The molecule has 0 aromatic carbocycles. The Balaban J connectivity index is 0.000000237. The number of carbonyl (C=O) groups excluding carboxylic acids is 2. The zero-order valence-corrected chi connectivity index (χ0v) is 29.6. The van der Waals surface area contributed by atoms with E-state index in [2.05, 4.69) is 60.1 Å². The molecule has 4 rings (SSSR count). The molecule has 4 heterocycles. The van der Waals surface area contributed by atoms with Crippen LogP contribution >= 0.6 is 11.6 Å². The average Bonchev–Trinajstić information content (AvgIpc) is 3.81. The Morgan fingerprint density at radius 1 is 0.705 bits per heavy atom. The van der Waals surface area contributed by atoms with Crippen LogP contribution in [-0.2, 0) is 9.47 Å². The largest absolute Gasteiger partial charge is 0.464 e. The monoisotopic (exact) mass is 736 g/mol. The summed E-state index contributed by atoms with van der Waals surface area (Å²) in [6.45, 7) is 6.89. The van der Waals surface area contributed by atoms with Gasteiger partial charge in [0, 0.05) is 0 Å². The maximum atomic E-state index is 11.0. The number of aromatic nitrogens is 6. The van der Waals surface area contributed by atoms with Gasteiger partial charge in [-0.15, -0.1) is 0 Å². The fourth-order valence-electron chi connectivity index (χ4n) is 4.25. The predicted octanol–water partition coefficient (Wildman–Crippen LogP) is 6.57. The molecule has 4 aromatic rings. The van der Waals surface area contributed by atoms with E-state index in [-0.39, 0.29) is 16.5 Å². The quantitative estimate of drug-likeness (QED) is 0.108. The van der Waals surface area contributed by atoms with E-state index in [1.54, 1.807) is 6.26 Å². The van der Waals surface area contributed by atoms with Crippen molar-refractivity contribution >= 4 is 45.8 Å². The number of nitrogens with zero attached hydrogens (tertiary/aromatic N) is 6. The van der Waals surface area contributed by atoms with Crippen LogP contribution in [0.25, 0.3) is 11.6 Å². The molecule has 12 nitrogen and oxygen atoms in total. The number of rotatable bonds is 13. The van der Waals surface area contributed by atoms with Crippen LogP contribution in [0.15, 0.2) is 58.5 Å². The molecular formula is C30H41ClN6O6Sn. The summed E-state index contributed by atoms with van der Waals surface area (Å²) in [6, 6.07) is 0. The second-order valence-electron chi connectivity index (χ2n) is 9.76. The molecule has 14 heteroatoms. The van der Waals surface area contributed by atoms with E-state index in [1.807, 2.05) is 6.20 Å². The van der Waals surface area contributed by atoms with Crippen molar-refractivity contribution in [3.8, 4) is 11.6 Å². The number of hydrogen-bond acceptors (Lipinski definition) is 12. The Labute approximate surface area is 267 Å². The number of hydrogen-bond donors (Lipinski definition) is 0. The Morgan fingerprint density at radius 2 is 1.23 bits per heavy atom. The first-order chi connectivity index (χ1) is 21.3. The molecule has 0 fully saturated rings. The van der Waals surface area contributed by atoms with Crippen LogP contribution in [-0.4, -0.2) is 74.4 Å². The Kier molecular flexibility index (Phi) is 17.2. The van der Waals surface area contributed by atoms with E-state index in [1.165, 1.54) is 107 Å². The molecule has 4 aromatic heterocycles. The number of ether oxygens (including phenoxy) is 2. The Bertz CT molecular complexity index is 1320. The molecule has 0 N–H and O–H groups in total. The molecule has 0 radical (unpaired) electrons. The van der Waals surface area contributed by atoms with Gasteiger partial charge in [0.05, 0.1) is 45.2 Å². The Hall–Kier alpha value is -3.39. The minimum Gasteiger partial charge on any atom is -0.464 e. The minimum absolute atomic E-state index is 0.146. The molecule has 0 aliphatic heterocycles. The topological polar surface area (TPSA) is 156 Å². The van der Waals surface area contributed by atoms with Crippen molar-refractivity contribution in [2.75, 3.05) is 14.2 Å². The number of methoxy groups -OCH3 is 2. The second-order valence-corrected chi connectivity index (χ2v) is 23.0. The van der Waals surface area contributed by atoms with Gasteiger partial charge in [0.2, 0.25) is 5.89 Å².